The molecule has 0 saturated carbocycles. The Morgan fingerprint density at radius 2 is 0.846 bits per heavy atom. The van der Waals surface area contributed by atoms with E-state index in [0.717, 1.165) is 18.6 Å². The van der Waals surface area contributed by atoms with Gasteiger partial charge in [0.15, 0.2) is 0 Å². The average molecular weight is 579 g/mol. The van der Waals surface area contributed by atoms with Crippen molar-refractivity contribution in [2.45, 2.75) is 50.8 Å². The van der Waals surface area contributed by atoms with Gasteiger partial charge in [0, 0.05) is 6.61 Å². The summed E-state index contributed by atoms with van der Waals surface area (Å²) in [5, 5.41) is 0. The molecule has 0 aromatic heterocycles. The molecule has 0 aliphatic heterocycles. The summed E-state index contributed by atoms with van der Waals surface area (Å²) in [5.74, 6) is 0. The molecule has 0 spiro atoms. The molecule has 0 N–H and O–H groups in total. The summed E-state index contributed by atoms with van der Waals surface area (Å²) in [6.07, 6.45) is 6.24. The summed E-state index contributed by atoms with van der Waals surface area (Å²) in [4.78, 5) is 0.135. The number of hydrogen-bond acceptors (Lipinski definition) is 10. The number of unbranched alkanes of at least 4 members (excludes halogenated alkanes) is 4. The lowest BCUT2D eigenvalue weighted by Gasteiger charge is -2.09. The Hall–Kier alpha value is -1.15. The molecular formula is C28H50O10S. The van der Waals surface area contributed by atoms with Crippen LogP contribution in [0.1, 0.15) is 44.6 Å². The molecule has 0 atom stereocenters. The van der Waals surface area contributed by atoms with Crippen LogP contribution in [0, 0.1) is 6.92 Å². The molecule has 0 saturated heterocycles. The van der Waals surface area contributed by atoms with E-state index in [9.17, 15) is 8.42 Å². The van der Waals surface area contributed by atoms with E-state index in [1.165, 1.54) is 37.8 Å². The predicted molar refractivity (Wildman–Crippen MR) is 149 cm³/mol. The molecule has 1 aromatic carbocycles. The van der Waals surface area contributed by atoms with Gasteiger partial charge < -0.3 is 33.2 Å². The number of ether oxygens (including phenoxy) is 7. The summed E-state index contributed by atoms with van der Waals surface area (Å²) < 4.78 is 67.2. The van der Waals surface area contributed by atoms with Crippen LogP contribution in [0.4, 0.5) is 0 Å². The number of rotatable bonds is 29. The fraction of sp³-hybridized carbons (Fsp3) is 0.786. The van der Waals surface area contributed by atoms with Gasteiger partial charge in [0.2, 0.25) is 0 Å². The van der Waals surface area contributed by atoms with Crippen molar-refractivity contribution in [3.63, 3.8) is 0 Å². The topological polar surface area (TPSA) is 108 Å². The van der Waals surface area contributed by atoms with Gasteiger partial charge >= 0.3 is 0 Å². The summed E-state index contributed by atoms with van der Waals surface area (Å²) in [6.45, 7) is 11.0. The van der Waals surface area contributed by atoms with Crippen LogP contribution in [-0.2, 0) is 47.5 Å². The van der Waals surface area contributed by atoms with E-state index in [1.807, 2.05) is 6.92 Å². The van der Waals surface area contributed by atoms with Crippen LogP contribution < -0.4 is 0 Å². The third kappa shape index (κ3) is 22.2. The van der Waals surface area contributed by atoms with Gasteiger partial charge in [0.05, 0.1) is 97.4 Å². The van der Waals surface area contributed by atoms with E-state index in [0.29, 0.717) is 79.3 Å². The van der Waals surface area contributed by atoms with Gasteiger partial charge in [-0.05, 0) is 25.5 Å². The zero-order valence-corrected chi connectivity index (χ0v) is 24.8. The Kier molecular flexibility index (Phi) is 23.7. The summed E-state index contributed by atoms with van der Waals surface area (Å²) in [5.41, 5.74) is 0.981. The van der Waals surface area contributed by atoms with Gasteiger partial charge in [0.1, 0.15) is 0 Å². The lowest BCUT2D eigenvalue weighted by atomic mass is 10.2. The van der Waals surface area contributed by atoms with Crippen LogP contribution in [-0.4, -0.2) is 108 Å². The Labute approximate surface area is 235 Å². The first-order valence-electron chi connectivity index (χ1n) is 14.1. The minimum Gasteiger partial charge on any atom is -0.379 e. The zero-order chi connectivity index (χ0) is 28.3. The third-order valence-corrected chi connectivity index (χ3v) is 6.73. The normalized spacial score (nSPS) is 11.8. The molecule has 0 bridgehead atoms. The van der Waals surface area contributed by atoms with Crippen molar-refractivity contribution in [3.8, 4) is 0 Å². The highest BCUT2D eigenvalue weighted by Gasteiger charge is 2.14. The maximum Gasteiger partial charge on any atom is 0.297 e. The zero-order valence-electron chi connectivity index (χ0n) is 23.9. The first-order valence-corrected chi connectivity index (χ1v) is 15.5. The van der Waals surface area contributed by atoms with E-state index >= 15 is 0 Å². The van der Waals surface area contributed by atoms with Crippen molar-refractivity contribution in [2.75, 3.05) is 99.1 Å². The summed E-state index contributed by atoms with van der Waals surface area (Å²) >= 11 is 0. The van der Waals surface area contributed by atoms with Crippen LogP contribution in [0.3, 0.4) is 0 Å². The van der Waals surface area contributed by atoms with Crippen molar-refractivity contribution in [1.29, 1.82) is 0 Å². The maximum atomic E-state index is 12.0. The molecule has 1 aromatic rings. The van der Waals surface area contributed by atoms with E-state index in [1.54, 1.807) is 12.1 Å². The Bertz CT molecular complexity index is 758. The predicted octanol–water partition coefficient (Wildman–Crippen LogP) is 3.79. The lowest BCUT2D eigenvalue weighted by Crippen LogP contribution is -2.15. The Morgan fingerprint density at radius 1 is 0.487 bits per heavy atom. The molecule has 39 heavy (non-hydrogen) atoms. The summed E-state index contributed by atoms with van der Waals surface area (Å²) in [6, 6.07) is 6.50. The number of aryl methyl sites for hydroxylation is 1. The van der Waals surface area contributed by atoms with Crippen molar-refractivity contribution < 1.29 is 45.8 Å². The van der Waals surface area contributed by atoms with Gasteiger partial charge in [-0.3, -0.25) is 4.18 Å². The maximum absolute atomic E-state index is 12.0. The second-order valence-electron chi connectivity index (χ2n) is 8.79. The smallest absolute Gasteiger partial charge is 0.297 e. The molecule has 0 fully saturated rings. The van der Waals surface area contributed by atoms with Crippen LogP contribution in [0.25, 0.3) is 0 Å². The minimum absolute atomic E-state index is 0.0487. The van der Waals surface area contributed by atoms with Crippen LogP contribution in [0.15, 0.2) is 29.2 Å². The van der Waals surface area contributed by atoms with Crippen molar-refractivity contribution in [1.82, 2.24) is 0 Å². The van der Waals surface area contributed by atoms with E-state index in [2.05, 4.69) is 6.92 Å². The van der Waals surface area contributed by atoms with Gasteiger partial charge in [-0.15, -0.1) is 0 Å². The van der Waals surface area contributed by atoms with Crippen LogP contribution in [0.5, 0.6) is 0 Å². The van der Waals surface area contributed by atoms with Gasteiger partial charge in [0.25, 0.3) is 10.1 Å². The molecule has 0 aliphatic rings. The van der Waals surface area contributed by atoms with Crippen molar-refractivity contribution in [2.24, 2.45) is 0 Å². The van der Waals surface area contributed by atoms with Crippen LogP contribution >= 0.6 is 0 Å². The summed E-state index contributed by atoms with van der Waals surface area (Å²) in [7, 11) is -3.76. The molecule has 10 nitrogen and oxygen atoms in total. The average Bonchev–Trinajstić information content (AvgIpc) is 2.93. The van der Waals surface area contributed by atoms with E-state index in [4.69, 9.17) is 37.3 Å². The molecule has 11 heteroatoms. The molecular weight excluding hydrogens is 528 g/mol. The second kappa shape index (κ2) is 25.8. The highest BCUT2D eigenvalue weighted by atomic mass is 32.2. The molecule has 0 aliphatic carbocycles. The SMILES string of the molecule is CCCCCCCOCCOCCOCCOCCOCCOCCOCCOS(=O)(=O)c1ccc(C)cc1. The standard InChI is InChI=1S/C28H50O10S/c1-3-4-5-6-7-12-31-13-14-32-15-16-33-17-18-34-19-20-35-21-22-36-23-24-37-25-26-38-39(29,30)28-10-8-27(2)9-11-28/h8-11H,3-7,12-26H2,1-2H3. The van der Waals surface area contributed by atoms with E-state index in [-0.39, 0.29) is 18.1 Å². The molecule has 0 amide bonds. The van der Waals surface area contributed by atoms with E-state index < -0.39 is 10.1 Å². The number of hydrogen-bond donors (Lipinski definition) is 0. The number of benzene rings is 1. The molecule has 0 radical (unpaired) electrons. The minimum atomic E-state index is -3.76. The fourth-order valence-corrected chi connectivity index (χ4v) is 4.10. The third-order valence-electron chi connectivity index (χ3n) is 5.40. The second-order valence-corrected chi connectivity index (χ2v) is 10.4. The first kappa shape index (κ1) is 35.9. The fourth-order valence-electron chi connectivity index (χ4n) is 3.20. The van der Waals surface area contributed by atoms with Gasteiger partial charge in [-0.2, -0.15) is 8.42 Å². The molecule has 0 heterocycles. The lowest BCUT2D eigenvalue weighted by molar-refractivity contribution is -0.0212. The quantitative estimate of drug-likeness (QED) is 0.103. The van der Waals surface area contributed by atoms with Gasteiger partial charge in [-0.1, -0.05) is 50.3 Å². The molecule has 0 unspecified atom stereocenters. The molecule has 228 valence electrons. The highest BCUT2D eigenvalue weighted by Crippen LogP contribution is 2.12. The Balaban J connectivity index is 1.72. The monoisotopic (exact) mass is 578 g/mol. The molecule has 1 rings (SSSR count). The van der Waals surface area contributed by atoms with Crippen molar-refractivity contribution >= 4 is 10.1 Å². The largest absolute Gasteiger partial charge is 0.379 e. The van der Waals surface area contributed by atoms with Crippen LogP contribution in [0.2, 0.25) is 0 Å². The Morgan fingerprint density at radius 3 is 1.26 bits per heavy atom. The highest BCUT2D eigenvalue weighted by molar-refractivity contribution is 7.86. The van der Waals surface area contributed by atoms with Crippen molar-refractivity contribution in [3.05, 3.63) is 29.8 Å². The first-order chi connectivity index (χ1) is 19.1. The van der Waals surface area contributed by atoms with Gasteiger partial charge in [-0.25, -0.2) is 0 Å².